The number of benzene rings is 1. The molecule has 0 saturated heterocycles. The first-order valence-electron chi connectivity index (χ1n) is 5.74. The van der Waals surface area contributed by atoms with Crippen LogP contribution >= 0.6 is 12.4 Å². The van der Waals surface area contributed by atoms with Gasteiger partial charge in [0.2, 0.25) is 0 Å². The fourth-order valence-electron chi connectivity index (χ4n) is 1.58. The van der Waals surface area contributed by atoms with Gasteiger partial charge in [-0.1, -0.05) is 26.0 Å². The molecule has 0 amide bonds. The zero-order chi connectivity index (χ0) is 12.3. The van der Waals surface area contributed by atoms with Gasteiger partial charge < -0.3 is 9.73 Å². The monoisotopic (exact) mass is 269 g/mol. The van der Waals surface area contributed by atoms with Gasteiger partial charge in [0.25, 0.3) is 0 Å². The number of hydrogen-bond donors (Lipinski definition) is 1. The average Bonchev–Trinajstić information content (AvgIpc) is 2.75. The van der Waals surface area contributed by atoms with Crippen LogP contribution in [0.25, 0.3) is 11.3 Å². The lowest BCUT2D eigenvalue weighted by molar-refractivity contribution is 0.471. The fourth-order valence-corrected chi connectivity index (χ4v) is 1.58. The molecule has 1 aromatic heterocycles. The summed E-state index contributed by atoms with van der Waals surface area (Å²) in [6.45, 7) is 4.80. The Morgan fingerprint density at radius 2 is 1.89 bits per heavy atom. The zero-order valence-electron chi connectivity index (χ0n) is 10.4. The maximum Gasteiger partial charge on any atom is 0.137 e. The second kappa shape index (κ2) is 6.57. The lowest BCUT2D eigenvalue weighted by atomic mass is 10.1. The molecule has 1 N–H and O–H groups in total. The second-order valence-electron chi connectivity index (χ2n) is 4.28. The molecular formula is C14H17ClFNO. The first-order valence-corrected chi connectivity index (χ1v) is 5.74. The van der Waals surface area contributed by atoms with Crippen LogP contribution < -0.4 is 5.32 Å². The van der Waals surface area contributed by atoms with Crippen molar-refractivity contribution in [1.29, 1.82) is 0 Å². The van der Waals surface area contributed by atoms with Gasteiger partial charge in [0, 0.05) is 6.04 Å². The Labute approximate surface area is 113 Å². The van der Waals surface area contributed by atoms with Gasteiger partial charge in [0.15, 0.2) is 0 Å². The van der Waals surface area contributed by atoms with Gasteiger partial charge >= 0.3 is 0 Å². The van der Waals surface area contributed by atoms with Crippen LogP contribution in [0.4, 0.5) is 4.39 Å². The molecule has 1 aromatic carbocycles. The van der Waals surface area contributed by atoms with Crippen molar-refractivity contribution in [2.24, 2.45) is 0 Å². The number of furan rings is 1. The molecule has 0 bridgehead atoms. The third kappa shape index (κ3) is 3.59. The standard InChI is InChI=1S/C14H16FNO.ClH/c1-10(2)16-9-11-7-8-14(17-11)12-5-3-4-6-13(12)15;/h3-8,10,16H,9H2,1-2H3;1H. The van der Waals surface area contributed by atoms with E-state index in [1.165, 1.54) is 6.07 Å². The third-order valence-electron chi connectivity index (χ3n) is 2.49. The number of hydrogen-bond acceptors (Lipinski definition) is 2. The highest BCUT2D eigenvalue weighted by molar-refractivity contribution is 5.85. The van der Waals surface area contributed by atoms with Crippen LogP contribution in [0.5, 0.6) is 0 Å². The molecule has 0 aliphatic rings. The Balaban J connectivity index is 0.00000162. The summed E-state index contributed by atoms with van der Waals surface area (Å²) in [5.41, 5.74) is 0.503. The highest BCUT2D eigenvalue weighted by Crippen LogP contribution is 2.24. The van der Waals surface area contributed by atoms with E-state index in [1.54, 1.807) is 24.3 Å². The van der Waals surface area contributed by atoms with Crippen LogP contribution in [0.2, 0.25) is 0 Å². The molecule has 0 atom stereocenters. The predicted molar refractivity (Wildman–Crippen MR) is 73.3 cm³/mol. The fraction of sp³-hybridized carbons (Fsp3) is 0.286. The van der Waals surface area contributed by atoms with Crippen molar-refractivity contribution in [2.45, 2.75) is 26.4 Å². The van der Waals surface area contributed by atoms with E-state index in [1.807, 2.05) is 6.07 Å². The van der Waals surface area contributed by atoms with E-state index in [9.17, 15) is 4.39 Å². The highest BCUT2D eigenvalue weighted by Gasteiger charge is 2.08. The van der Waals surface area contributed by atoms with Crippen LogP contribution in [0, 0.1) is 5.82 Å². The molecule has 98 valence electrons. The molecule has 18 heavy (non-hydrogen) atoms. The highest BCUT2D eigenvalue weighted by atomic mass is 35.5. The maximum atomic E-state index is 13.5. The molecule has 0 saturated carbocycles. The Bertz CT molecular complexity index is 496. The minimum absolute atomic E-state index is 0. The van der Waals surface area contributed by atoms with Crippen molar-refractivity contribution in [2.75, 3.05) is 0 Å². The maximum absolute atomic E-state index is 13.5. The van der Waals surface area contributed by atoms with Crippen molar-refractivity contribution >= 4 is 12.4 Å². The van der Waals surface area contributed by atoms with Crippen molar-refractivity contribution in [1.82, 2.24) is 5.32 Å². The average molecular weight is 270 g/mol. The van der Waals surface area contributed by atoms with Gasteiger partial charge in [0.05, 0.1) is 12.1 Å². The number of nitrogens with one attached hydrogen (secondary N) is 1. The van der Waals surface area contributed by atoms with Gasteiger partial charge in [-0.05, 0) is 24.3 Å². The molecule has 0 aliphatic heterocycles. The molecule has 0 fully saturated rings. The van der Waals surface area contributed by atoms with E-state index in [0.29, 0.717) is 23.9 Å². The Kier molecular flexibility index (Phi) is 5.38. The summed E-state index contributed by atoms with van der Waals surface area (Å²) in [5.74, 6) is 1.13. The van der Waals surface area contributed by atoms with Gasteiger partial charge in [-0.2, -0.15) is 0 Å². The van der Waals surface area contributed by atoms with E-state index < -0.39 is 0 Å². The van der Waals surface area contributed by atoms with Crippen LogP contribution in [0.3, 0.4) is 0 Å². The molecule has 0 radical (unpaired) electrons. The predicted octanol–water partition coefficient (Wildman–Crippen LogP) is 4.01. The van der Waals surface area contributed by atoms with E-state index in [-0.39, 0.29) is 18.2 Å². The molecule has 4 heteroatoms. The topological polar surface area (TPSA) is 25.2 Å². The van der Waals surface area contributed by atoms with Gasteiger partial charge in [-0.15, -0.1) is 12.4 Å². The van der Waals surface area contributed by atoms with Crippen molar-refractivity contribution in [3.63, 3.8) is 0 Å². The minimum atomic E-state index is -0.259. The normalized spacial score (nSPS) is 10.4. The SMILES string of the molecule is CC(C)NCc1ccc(-c2ccccc2F)o1.Cl. The van der Waals surface area contributed by atoms with E-state index in [2.05, 4.69) is 19.2 Å². The van der Waals surface area contributed by atoms with E-state index >= 15 is 0 Å². The molecule has 2 aromatic rings. The molecule has 0 aliphatic carbocycles. The summed E-state index contributed by atoms with van der Waals surface area (Å²) in [5, 5.41) is 3.25. The molecule has 2 rings (SSSR count). The number of halogens is 2. The lowest BCUT2D eigenvalue weighted by Gasteiger charge is -2.05. The molecule has 1 heterocycles. The molecular weight excluding hydrogens is 253 g/mol. The van der Waals surface area contributed by atoms with Crippen LogP contribution in [0.15, 0.2) is 40.8 Å². The van der Waals surface area contributed by atoms with Crippen LogP contribution in [-0.4, -0.2) is 6.04 Å². The summed E-state index contributed by atoms with van der Waals surface area (Å²) >= 11 is 0. The van der Waals surface area contributed by atoms with Crippen molar-refractivity contribution in [3.8, 4) is 11.3 Å². The van der Waals surface area contributed by atoms with Crippen molar-refractivity contribution in [3.05, 3.63) is 48.0 Å². The summed E-state index contributed by atoms with van der Waals surface area (Å²) in [4.78, 5) is 0. The zero-order valence-corrected chi connectivity index (χ0v) is 11.3. The summed E-state index contributed by atoms with van der Waals surface area (Å²) in [7, 11) is 0. The summed E-state index contributed by atoms with van der Waals surface area (Å²) < 4.78 is 19.1. The molecule has 0 spiro atoms. The lowest BCUT2D eigenvalue weighted by Crippen LogP contribution is -2.21. The first kappa shape index (κ1) is 14.7. The van der Waals surface area contributed by atoms with E-state index in [4.69, 9.17) is 4.42 Å². The van der Waals surface area contributed by atoms with Gasteiger partial charge in [0.1, 0.15) is 17.3 Å². The third-order valence-corrected chi connectivity index (χ3v) is 2.49. The van der Waals surface area contributed by atoms with Crippen LogP contribution in [0.1, 0.15) is 19.6 Å². The Hall–Kier alpha value is -1.32. The van der Waals surface area contributed by atoms with Gasteiger partial charge in [-0.3, -0.25) is 0 Å². The Morgan fingerprint density at radius 1 is 1.17 bits per heavy atom. The van der Waals surface area contributed by atoms with E-state index in [0.717, 1.165) is 5.76 Å². The number of rotatable bonds is 4. The largest absolute Gasteiger partial charge is 0.460 e. The second-order valence-corrected chi connectivity index (χ2v) is 4.28. The Morgan fingerprint density at radius 3 is 2.56 bits per heavy atom. The molecule has 2 nitrogen and oxygen atoms in total. The quantitative estimate of drug-likeness (QED) is 0.907. The first-order chi connectivity index (χ1) is 8.16. The summed E-state index contributed by atoms with van der Waals surface area (Å²) in [6.07, 6.45) is 0. The minimum Gasteiger partial charge on any atom is -0.460 e. The van der Waals surface area contributed by atoms with Crippen LogP contribution in [-0.2, 0) is 6.54 Å². The van der Waals surface area contributed by atoms with Gasteiger partial charge in [-0.25, -0.2) is 4.39 Å². The molecule has 0 unspecified atom stereocenters. The van der Waals surface area contributed by atoms with Crippen molar-refractivity contribution < 1.29 is 8.81 Å². The smallest absolute Gasteiger partial charge is 0.137 e. The summed E-state index contributed by atoms with van der Waals surface area (Å²) in [6, 6.07) is 10.7.